The molecule has 0 bridgehead atoms. The van der Waals surface area contributed by atoms with Gasteiger partial charge < -0.3 is 10.1 Å². The molecule has 0 aliphatic carbocycles. The summed E-state index contributed by atoms with van der Waals surface area (Å²) in [6.45, 7) is -0.457. The predicted molar refractivity (Wildman–Crippen MR) is 81.5 cm³/mol. The highest BCUT2D eigenvalue weighted by atomic mass is 32.2. The van der Waals surface area contributed by atoms with Crippen molar-refractivity contribution in [3.63, 3.8) is 0 Å². The number of benzene rings is 1. The standard InChI is InChI=1S/C15H12F2N2O3S/c16-15(17)23-12-5-3-11(4-6-12)19-13(20)9-22-14(21)10-2-1-7-18-8-10/h1-8,15H,9H2,(H,19,20). The highest BCUT2D eigenvalue weighted by molar-refractivity contribution is 7.99. The summed E-state index contributed by atoms with van der Waals surface area (Å²) in [6, 6.07) is 9.02. The van der Waals surface area contributed by atoms with Gasteiger partial charge in [-0.15, -0.1) is 0 Å². The molecule has 8 heteroatoms. The number of nitrogens with zero attached hydrogens (tertiary/aromatic N) is 1. The monoisotopic (exact) mass is 338 g/mol. The number of esters is 1. The van der Waals surface area contributed by atoms with E-state index in [2.05, 4.69) is 10.3 Å². The van der Waals surface area contributed by atoms with Gasteiger partial charge in [0.1, 0.15) is 0 Å². The number of hydrogen-bond donors (Lipinski definition) is 1. The smallest absolute Gasteiger partial charge is 0.340 e. The van der Waals surface area contributed by atoms with Crippen LogP contribution in [0.1, 0.15) is 10.4 Å². The minimum Gasteiger partial charge on any atom is -0.452 e. The Hall–Kier alpha value is -2.48. The number of pyridine rings is 1. The number of nitrogens with one attached hydrogen (secondary N) is 1. The summed E-state index contributed by atoms with van der Waals surface area (Å²) in [7, 11) is 0. The molecule has 1 aromatic heterocycles. The van der Waals surface area contributed by atoms with Gasteiger partial charge in [-0.25, -0.2) is 4.79 Å². The lowest BCUT2D eigenvalue weighted by Crippen LogP contribution is -2.20. The van der Waals surface area contributed by atoms with Crippen molar-refractivity contribution in [1.82, 2.24) is 4.98 Å². The number of carbonyl (C=O) groups excluding carboxylic acids is 2. The third-order valence-corrected chi connectivity index (χ3v) is 3.32. The highest BCUT2D eigenvalue weighted by Gasteiger charge is 2.10. The second kappa shape index (κ2) is 8.23. The van der Waals surface area contributed by atoms with E-state index in [0.717, 1.165) is 0 Å². The molecule has 1 heterocycles. The van der Waals surface area contributed by atoms with Crippen molar-refractivity contribution in [2.45, 2.75) is 10.7 Å². The van der Waals surface area contributed by atoms with Crippen LogP contribution >= 0.6 is 11.8 Å². The topological polar surface area (TPSA) is 68.3 Å². The van der Waals surface area contributed by atoms with E-state index >= 15 is 0 Å². The van der Waals surface area contributed by atoms with Crippen molar-refractivity contribution in [2.75, 3.05) is 11.9 Å². The molecule has 0 spiro atoms. The first-order valence-corrected chi connectivity index (χ1v) is 7.34. The number of aromatic nitrogens is 1. The summed E-state index contributed by atoms with van der Waals surface area (Å²) in [5, 5.41) is 2.50. The van der Waals surface area contributed by atoms with Crippen LogP contribution in [0.4, 0.5) is 14.5 Å². The first-order chi connectivity index (χ1) is 11.0. The zero-order valence-electron chi connectivity index (χ0n) is 11.7. The molecule has 0 aliphatic heterocycles. The molecular formula is C15H12F2N2O3S. The molecule has 0 fully saturated rings. The van der Waals surface area contributed by atoms with Crippen LogP contribution in [0.3, 0.4) is 0 Å². The van der Waals surface area contributed by atoms with Crippen molar-refractivity contribution in [1.29, 1.82) is 0 Å². The SMILES string of the molecule is O=C(COC(=O)c1cccnc1)Nc1ccc(SC(F)F)cc1. The van der Waals surface area contributed by atoms with Gasteiger partial charge in [-0.05, 0) is 36.4 Å². The number of thioether (sulfide) groups is 1. The number of hydrogen-bond acceptors (Lipinski definition) is 5. The van der Waals surface area contributed by atoms with Crippen LogP contribution in [-0.4, -0.2) is 29.2 Å². The number of alkyl halides is 2. The number of amides is 1. The Balaban J connectivity index is 1.81. The van der Waals surface area contributed by atoms with E-state index in [-0.39, 0.29) is 5.56 Å². The van der Waals surface area contributed by atoms with E-state index in [1.54, 1.807) is 6.07 Å². The van der Waals surface area contributed by atoms with E-state index in [1.807, 2.05) is 0 Å². The molecule has 1 amide bonds. The third-order valence-electron chi connectivity index (χ3n) is 2.59. The van der Waals surface area contributed by atoms with Crippen molar-refractivity contribution in [3.05, 3.63) is 54.4 Å². The fourth-order valence-corrected chi connectivity index (χ4v) is 2.11. The Kier molecular flexibility index (Phi) is 6.04. The quantitative estimate of drug-likeness (QED) is 0.647. The van der Waals surface area contributed by atoms with Crippen LogP contribution in [0.15, 0.2) is 53.7 Å². The number of anilines is 1. The van der Waals surface area contributed by atoms with E-state index in [9.17, 15) is 18.4 Å². The maximum absolute atomic E-state index is 12.2. The van der Waals surface area contributed by atoms with Crippen molar-refractivity contribution >= 4 is 29.3 Å². The van der Waals surface area contributed by atoms with Crippen molar-refractivity contribution < 1.29 is 23.1 Å². The molecule has 0 atom stereocenters. The fourth-order valence-electron chi connectivity index (χ4n) is 1.61. The predicted octanol–water partition coefficient (Wildman–Crippen LogP) is 3.19. The zero-order valence-corrected chi connectivity index (χ0v) is 12.6. The second-order valence-electron chi connectivity index (χ2n) is 4.27. The van der Waals surface area contributed by atoms with Gasteiger partial charge in [-0.1, -0.05) is 11.8 Å². The minimum absolute atomic E-state index is 0.244. The first-order valence-electron chi connectivity index (χ1n) is 6.46. The maximum Gasteiger partial charge on any atom is 0.340 e. The Labute approximate surface area is 135 Å². The summed E-state index contributed by atoms with van der Waals surface area (Å²) in [5.74, 6) is -3.68. The molecule has 1 aromatic carbocycles. The van der Waals surface area contributed by atoms with Gasteiger partial charge in [0, 0.05) is 23.0 Å². The molecule has 0 aliphatic rings. The number of ether oxygens (including phenoxy) is 1. The molecular weight excluding hydrogens is 326 g/mol. The molecule has 2 aromatic rings. The van der Waals surface area contributed by atoms with E-state index in [4.69, 9.17) is 4.74 Å². The van der Waals surface area contributed by atoms with Gasteiger partial charge >= 0.3 is 5.97 Å². The fraction of sp³-hybridized carbons (Fsp3) is 0.133. The summed E-state index contributed by atoms with van der Waals surface area (Å²) in [5.41, 5.74) is 0.666. The van der Waals surface area contributed by atoms with Crippen LogP contribution in [0.2, 0.25) is 0 Å². The number of rotatable bonds is 6. The Morgan fingerprint density at radius 3 is 2.57 bits per heavy atom. The van der Waals surface area contributed by atoms with E-state index in [0.29, 0.717) is 22.3 Å². The molecule has 120 valence electrons. The molecule has 23 heavy (non-hydrogen) atoms. The van der Waals surface area contributed by atoms with Crippen molar-refractivity contribution in [3.8, 4) is 0 Å². The van der Waals surface area contributed by atoms with Crippen LogP contribution in [0.25, 0.3) is 0 Å². The van der Waals surface area contributed by atoms with Gasteiger partial charge in [-0.2, -0.15) is 8.78 Å². The van der Waals surface area contributed by atoms with Gasteiger partial charge in [0.05, 0.1) is 5.56 Å². The zero-order chi connectivity index (χ0) is 16.7. The first kappa shape index (κ1) is 16.9. The number of carbonyl (C=O) groups is 2. The summed E-state index contributed by atoms with van der Waals surface area (Å²) >= 11 is 0.417. The lowest BCUT2D eigenvalue weighted by atomic mass is 10.3. The van der Waals surface area contributed by atoms with Crippen molar-refractivity contribution in [2.24, 2.45) is 0 Å². The van der Waals surface area contributed by atoms with Crippen LogP contribution in [-0.2, 0) is 9.53 Å². The van der Waals surface area contributed by atoms with Crippen LogP contribution in [0.5, 0.6) is 0 Å². The third kappa shape index (κ3) is 5.67. The largest absolute Gasteiger partial charge is 0.452 e. The molecule has 5 nitrogen and oxygen atoms in total. The average Bonchev–Trinajstić information content (AvgIpc) is 2.55. The Bertz CT molecular complexity index is 666. The molecule has 1 N–H and O–H groups in total. The summed E-state index contributed by atoms with van der Waals surface area (Å²) in [4.78, 5) is 27.5. The van der Waals surface area contributed by atoms with Gasteiger partial charge in [0.15, 0.2) is 6.61 Å². The van der Waals surface area contributed by atoms with E-state index in [1.165, 1.54) is 42.7 Å². The normalized spacial score (nSPS) is 10.4. The minimum atomic E-state index is -2.50. The highest BCUT2D eigenvalue weighted by Crippen LogP contribution is 2.26. The van der Waals surface area contributed by atoms with Gasteiger partial charge in [0.2, 0.25) is 0 Å². The average molecular weight is 338 g/mol. The maximum atomic E-state index is 12.2. The molecule has 0 radical (unpaired) electrons. The van der Waals surface area contributed by atoms with Gasteiger partial charge in [-0.3, -0.25) is 9.78 Å². The lowest BCUT2D eigenvalue weighted by Gasteiger charge is -2.07. The van der Waals surface area contributed by atoms with Gasteiger partial charge in [0.25, 0.3) is 11.7 Å². The summed E-state index contributed by atoms with van der Waals surface area (Å²) in [6.07, 6.45) is 2.85. The Morgan fingerprint density at radius 2 is 1.96 bits per heavy atom. The second-order valence-corrected chi connectivity index (χ2v) is 5.33. The van der Waals surface area contributed by atoms with E-state index < -0.39 is 24.2 Å². The molecule has 0 unspecified atom stereocenters. The Morgan fingerprint density at radius 1 is 1.22 bits per heavy atom. The molecule has 0 saturated carbocycles. The summed E-state index contributed by atoms with van der Waals surface area (Å²) < 4.78 is 29.2. The number of halogens is 2. The molecule has 2 rings (SSSR count). The molecule has 0 saturated heterocycles. The lowest BCUT2D eigenvalue weighted by molar-refractivity contribution is -0.119. The van der Waals surface area contributed by atoms with Crippen LogP contribution in [0, 0.1) is 0 Å². The van der Waals surface area contributed by atoms with Crippen LogP contribution < -0.4 is 5.32 Å².